The van der Waals surface area contributed by atoms with E-state index in [0.717, 1.165) is 39.0 Å². The first kappa shape index (κ1) is 34.9. The van der Waals surface area contributed by atoms with E-state index in [2.05, 4.69) is 228 Å². The molecular weight excluding hydrogens is 741 g/mol. The van der Waals surface area contributed by atoms with E-state index >= 15 is 0 Å². The summed E-state index contributed by atoms with van der Waals surface area (Å²) in [5.74, 6) is 0. The molecule has 0 N–H and O–H groups in total. The van der Waals surface area contributed by atoms with Gasteiger partial charge >= 0.3 is 0 Å². The SMILES string of the molecule is c1ccc(-c2ccc(N(c3ccc(-c4ccc(-c5ccc6c(c5)c5ccccc5n6-c5ccccc5)cc4)cc3)c3ccc4c(ccc5oc6ccccc6c54)c3)cc2)cc1. The predicted octanol–water partition coefficient (Wildman–Crippen LogP) is 16.3. The summed E-state index contributed by atoms with van der Waals surface area (Å²) in [6.45, 7) is 0. The maximum atomic E-state index is 6.23. The van der Waals surface area contributed by atoms with Gasteiger partial charge in [0.25, 0.3) is 0 Å². The molecule has 0 amide bonds. The molecule has 0 bridgehead atoms. The minimum Gasteiger partial charge on any atom is -0.456 e. The number of hydrogen-bond donors (Lipinski definition) is 0. The molecular formula is C58H38N2O. The highest BCUT2D eigenvalue weighted by Crippen LogP contribution is 2.41. The van der Waals surface area contributed by atoms with Gasteiger partial charge in [-0.25, -0.2) is 0 Å². The van der Waals surface area contributed by atoms with Crippen LogP contribution in [0.1, 0.15) is 0 Å². The third-order valence-electron chi connectivity index (χ3n) is 12.2. The lowest BCUT2D eigenvalue weighted by Crippen LogP contribution is -2.09. The summed E-state index contributed by atoms with van der Waals surface area (Å²) >= 11 is 0. The summed E-state index contributed by atoms with van der Waals surface area (Å²) < 4.78 is 8.60. The first-order valence-electron chi connectivity index (χ1n) is 20.8. The van der Waals surface area contributed by atoms with Crippen molar-refractivity contribution in [2.45, 2.75) is 0 Å². The van der Waals surface area contributed by atoms with Crippen LogP contribution in [0.2, 0.25) is 0 Å². The fraction of sp³-hybridized carbons (Fsp3) is 0. The van der Waals surface area contributed by atoms with Crippen molar-refractivity contribution in [2.24, 2.45) is 0 Å². The van der Waals surface area contributed by atoms with Crippen LogP contribution in [-0.2, 0) is 0 Å². The second-order valence-electron chi connectivity index (χ2n) is 15.7. The van der Waals surface area contributed by atoms with Crippen LogP contribution < -0.4 is 4.90 Å². The largest absolute Gasteiger partial charge is 0.456 e. The second-order valence-corrected chi connectivity index (χ2v) is 15.7. The first-order chi connectivity index (χ1) is 30.2. The van der Waals surface area contributed by atoms with Gasteiger partial charge in [-0.05, 0) is 123 Å². The zero-order chi connectivity index (χ0) is 40.3. The Kier molecular flexibility index (Phi) is 8.17. The smallest absolute Gasteiger partial charge is 0.136 e. The molecule has 0 unspecified atom stereocenters. The number of furan rings is 1. The quantitative estimate of drug-likeness (QED) is 0.161. The van der Waals surface area contributed by atoms with E-state index in [1.54, 1.807) is 0 Å². The Bertz CT molecular complexity index is 3550. The maximum absolute atomic E-state index is 6.23. The van der Waals surface area contributed by atoms with Gasteiger partial charge in [0.15, 0.2) is 0 Å². The monoisotopic (exact) mass is 778 g/mol. The van der Waals surface area contributed by atoms with Crippen molar-refractivity contribution in [3.8, 4) is 39.1 Å². The Morgan fingerprint density at radius 1 is 0.311 bits per heavy atom. The van der Waals surface area contributed by atoms with Crippen LogP contribution in [0.15, 0.2) is 235 Å². The van der Waals surface area contributed by atoms with Crippen LogP contribution in [0.4, 0.5) is 17.1 Å². The Hall–Kier alpha value is -8.14. The van der Waals surface area contributed by atoms with Gasteiger partial charge in [-0.2, -0.15) is 0 Å². The van der Waals surface area contributed by atoms with E-state index in [1.165, 1.54) is 71.6 Å². The molecule has 12 rings (SSSR count). The summed E-state index contributed by atoms with van der Waals surface area (Å²) in [7, 11) is 0. The standard InChI is InChI=1S/C58H38N2O/c1-3-11-39(12-4-1)41-23-29-47(30-24-41)59(49-33-34-50-45(37-49)28-36-57-58(50)52-16-8-10-18-56(52)61-57)48-31-25-42(26-32-48)40-19-21-43(22-20-40)44-27-35-55-53(38-44)51-15-7-9-17-54(51)60(55)46-13-5-2-6-14-46/h1-38H. The van der Waals surface area contributed by atoms with Crippen molar-refractivity contribution in [3.63, 3.8) is 0 Å². The van der Waals surface area contributed by atoms with Crippen molar-refractivity contribution in [1.29, 1.82) is 0 Å². The van der Waals surface area contributed by atoms with E-state index in [1.807, 2.05) is 12.1 Å². The molecule has 0 saturated heterocycles. The van der Waals surface area contributed by atoms with Crippen molar-refractivity contribution < 1.29 is 4.42 Å². The van der Waals surface area contributed by atoms with Gasteiger partial charge in [-0.1, -0.05) is 152 Å². The Balaban J connectivity index is 0.893. The van der Waals surface area contributed by atoms with E-state index in [4.69, 9.17) is 4.42 Å². The molecule has 286 valence electrons. The first-order valence-corrected chi connectivity index (χ1v) is 20.8. The molecule has 2 aromatic heterocycles. The van der Waals surface area contributed by atoms with Gasteiger partial charge < -0.3 is 13.9 Å². The molecule has 10 aromatic carbocycles. The molecule has 0 fully saturated rings. The minimum absolute atomic E-state index is 0.909. The van der Waals surface area contributed by atoms with Crippen LogP contribution in [-0.4, -0.2) is 4.57 Å². The molecule has 12 aromatic rings. The molecule has 0 aliphatic carbocycles. The van der Waals surface area contributed by atoms with Crippen molar-refractivity contribution in [2.75, 3.05) is 4.90 Å². The van der Waals surface area contributed by atoms with Crippen molar-refractivity contribution >= 4 is 71.6 Å². The summed E-state index contributed by atoms with van der Waals surface area (Å²) in [6, 6.07) is 82.9. The van der Waals surface area contributed by atoms with Gasteiger partial charge in [0, 0.05) is 44.3 Å². The molecule has 3 heteroatoms. The number of aromatic nitrogens is 1. The molecule has 61 heavy (non-hydrogen) atoms. The summed E-state index contributed by atoms with van der Waals surface area (Å²) in [4.78, 5) is 2.35. The Labute approximate surface area is 353 Å². The van der Waals surface area contributed by atoms with Gasteiger partial charge in [0.2, 0.25) is 0 Å². The van der Waals surface area contributed by atoms with E-state index in [-0.39, 0.29) is 0 Å². The highest BCUT2D eigenvalue weighted by molar-refractivity contribution is 6.19. The van der Waals surface area contributed by atoms with Crippen LogP contribution in [0.3, 0.4) is 0 Å². The van der Waals surface area contributed by atoms with Crippen LogP contribution >= 0.6 is 0 Å². The summed E-state index contributed by atoms with van der Waals surface area (Å²) in [5, 5.41) is 7.16. The average Bonchev–Trinajstić information content (AvgIpc) is 3.89. The number of hydrogen-bond acceptors (Lipinski definition) is 2. The van der Waals surface area contributed by atoms with Gasteiger partial charge in [-0.3, -0.25) is 0 Å². The number of benzene rings is 10. The topological polar surface area (TPSA) is 21.3 Å². The van der Waals surface area contributed by atoms with Crippen LogP contribution in [0.25, 0.3) is 93.6 Å². The predicted molar refractivity (Wildman–Crippen MR) is 257 cm³/mol. The number of rotatable bonds is 7. The average molecular weight is 779 g/mol. The number of nitrogens with zero attached hydrogens (tertiary/aromatic N) is 2. The summed E-state index contributed by atoms with van der Waals surface area (Å²) in [5.41, 5.74) is 15.8. The third-order valence-corrected chi connectivity index (χ3v) is 12.2. The van der Waals surface area contributed by atoms with E-state index in [0.29, 0.717) is 0 Å². The van der Waals surface area contributed by atoms with Gasteiger partial charge in [-0.15, -0.1) is 0 Å². The lowest BCUT2D eigenvalue weighted by molar-refractivity contribution is 0.669. The maximum Gasteiger partial charge on any atom is 0.136 e. The summed E-state index contributed by atoms with van der Waals surface area (Å²) in [6.07, 6.45) is 0. The highest BCUT2D eigenvalue weighted by Gasteiger charge is 2.17. The van der Waals surface area contributed by atoms with Crippen LogP contribution in [0.5, 0.6) is 0 Å². The number of anilines is 3. The fourth-order valence-electron chi connectivity index (χ4n) is 9.23. The Morgan fingerprint density at radius 3 is 1.54 bits per heavy atom. The molecule has 0 aliphatic heterocycles. The minimum atomic E-state index is 0.909. The van der Waals surface area contributed by atoms with Crippen LogP contribution in [0, 0.1) is 0 Å². The molecule has 0 saturated carbocycles. The molecule has 0 aliphatic rings. The zero-order valence-electron chi connectivity index (χ0n) is 33.2. The van der Waals surface area contributed by atoms with Gasteiger partial charge in [0.05, 0.1) is 11.0 Å². The van der Waals surface area contributed by atoms with Crippen molar-refractivity contribution in [1.82, 2.24) is 4.57 Å². The van der Waals surface area contributed by atoms with Crippen molar-refractivity contribution in [3.05, 3.63) is 231 Å². The normalized spacial score (nSPS) is 11.6. The number of para-hydroxylation sites is 3. The molecule has 0 spiro atoms. The zero-order valence-corrected chi connectivity index (χ0v) is 33.2. The van der Waals surface area contributed by atoms with Gasteiger partial charge in [0.1, 0.15) is 11.2 Å². The molecule has 3 nitrogen and oxygen atoms in total. The number of fused-ring (bicyclic) bond motifs is 8. The third kappa shape index (κ3) is 5.98. The van der Waals surface area contributed by atoms with E-state index in [9.17, 15) is 0 Å². The highest BCUT2D eigenvalue weighted by atomic mass is 16.3. The lowest BCUT2D eigenvalue weighted by atomic mass is 9.98. The molecule has 2 heterocycles. The molecule has 0 radical (unpaired) electrons. The second kappa shape index (κ2) is 14.3. The molecule has 0 atom stereocenters. The van der Waals surface area contributed by atoms with E-state index < -0.39 is 0 Å². The Morgan fingerprint density at radius 2 is 0.836 bits per heavy atom. The lowest BCUT2D eigenvalue weighted by Gasteiger charge is -2.26. The fourth-order valence-corrected chi connectivity index (χ4v) is 9.23.